The number of hydrogen-bond donors (Lipinski definition) is 2. The van der Waals surface area contributed by atoms with Gasteiger partial charge in [-0.25, -0.2) is 4.79 Å². The second kappa shape index (κ2) is 9.16. The Balaban J connectivity index is 2.56. The minimum atomic E-state index is -3.12. The molecule has 0 aliphatic carbocycles. The maximum absolute atomic E-state index is 13.0. The minimum absolute atomic E-state index is 0.0150. The van der Waals surface area contributed by atoms with Crippen LogP contribution >= 0.6 is 0 Å². The van der Waals surface area contributed by atoms with Gasteiger partial charge in [0.05, 0.1) is 5.56 Å². The van der Waals surface area contributed by atoms with Crippen LogP contribution < -0.4 is 26.6 Å². The van der Waals surface area contributed by atoms with Crippen molar-refractivity contribution in [1.29, 1.82) is 0 Å². The molecule has 8 nitrogen and oxygen atoms in total. The fourth-order valence-corrected chi connectivity index (χ4v) is 2.77. The number of rotatable bonds is 8. The lowest BCUT2D eigenvalue weighted by Crippen LogP contribution is -2.41. The zero-order chi connectivity index (χ0) is 20.8. The first kappa shape index (κ1) is 21.1. The normalized spacial score (nSPS) is 10.9. The fraction of sp³-hybridized carbons (Fsp3) is 0.389. The van der Waals surface area contributed by atoms with Gasteiger partial charge in [0.2, 0.25) is 0 Å². The first-order chi connectivity index (χ1) is 13.3. The van der Waals surface area contributed by atoms with Crippen molar-refractivity contribution in [2.45, 2.75) is 39.8 Å². The van der Waals surface area contributed by atoms with E-state index in [1.165, 1.54) is 28.8 Å². The number of nitrogen functional groups attached to an aromatic ring is 1. The van der Waals surface area contributed by atoms with Gasteiger partial charge in [-0.3, -0.25) is 19.1 Å². The monoisotopic (exact) mass is 396 g/mol. The van der Waals surface area contributed by atoms with Crippen LogP contribution in [0.4, 0.5) is 20.3 Å². The van der Waals surface area contributed by atoms with Crippen molar-refractivity contribution in [3.63, 3.8) is 0 Å². The van der Waals surface area contributed by atoms with Crippen LogP contribution in [0.3, 0.4) is 0 Å². The summed E-state index contributed by atoms with van der Waals surface area (Å²) in [6.07, 6.45) is 1.43. The number of benzene rings is 1. The Hall–Kier alpha value is -3.17. The maximum atomic E-state index is 13.0. The van der Waals surface area contributed by atoms with Crippen LogP contribution in [-0.2, 0) is 6.54 Å². The number of unbranched alkanes of at least 4 members (excludes halogenated alkanes) is 1. The quantitative estimate of drug-likeness (QED) is 0.711. The van der Waals surface area contributed by atoms with Gasteiger partial charge >= 0.3 is 12.3 Å². The smallest absolute Gasteiger partial charge is 0.387 e. The van der Waals surface area contributed by atoms with E-state index in [0.717, 1.165) is 11.3 Å². The van der Waals surface area contributed by atoms with E-state index < -0.39 is 23.8 Å². The number of alkyl halides is 2. The molecule has 2 rings (SSSR count). The summed E-state index contributed by atoms with van der Waals surface area (Å²) in [5.74, 6) is -1.24. The SMILES string of the molecule is CCCCn1c(N)c(N(CC)C(=O)c2ccccc2OC(F)F)c(=O)[nH]c1=O. The zero-order valence-electron chi connectivity index (χ0n) is 15.6. The average molecular weight is 396 g/mol. The molecule has 0 aliphatic heterocycles. The van der Waals surface area contributed by atoms with Gasteiger partial charge in [0.1, 0.15) is 11.6 Å². The summed E-state index contributed by atoms with van der Waals surface area (Å²) in [5, 5.41) is 0. The number of H-pyrrole nitrogens is 1. The van der Waals surface area contributed by atoms with Crippen LogP contribution in [0.2, 0.25) is 0 Å². The van der Waals surface area contributed by atoms with Gasteiger partial charge in [-0.1, -0.05) is 25.5 Å². The summed E-state index contributed by atoms with van der Waals surface area (Å²) >= 11 is 0. The Kier molecular flexibility index (Phi) is 6.91. The van der Waals surface area contributed by atoms with Gasteiger partial charge in [0, 0.05) is 13.1 Å². The van der Waals surface area contributed by atoms with Crippen molar-refractivity contribution >= 4 is 17.4 Å². The van der Waals surface area contributed by atoms with Crippen LogP contribution in [0.5, 0.6) is 5.75 Å². The molecule has 0 spiro atoms. The standard InChI is InChI=1S/C18H22F2N4O4/c1-3-5-10-24-14(21)13(15(25)22-18(24)27)23(4-2)16(26)11-8-6-7-9-12(11)28-17(19)20/h6-9,17H,3-5,10,21H2,1-2H3,(H,22,25,27). The number of nitrogens with one attached hydrogen (secondary N) is 1. The van der Waals surface area contributed by atoms with Crippen LogP contribution in [0.25, 0.3) is 0 Å². The van der Waals surface area contributed by atoms with Crippen LogP contribution in [-0.4, -0.2) is 28.6 Å². The van der Waals surface area contributed by atoms with E-state index in [4.69, 9.17) is 5.73 Å². The van der Waals surface area contributed by atoms with Gasteiger partial charge < -0.3 is 15.4 Å². The molecule has 0 bridgehead atoms. The van der Waals surface area contributed by atoms with Gasteiger partial charge in [0.25, 0.3) is 11.5 Å². The predicted octanol–water partition coefficient (Wildman–Crippen LogP) is 2.19. The molecular weight excluding hydrogens is 374 g/mol. The lowest BCUT2D eigenvalue weighted by atomic mass is 10.1. The fourth-order valence-electron chi connectivity index (χ4n) is 2.77. The third-order valence-electron chi connectivity index (χ3n) is 4.11. The largest absolute Gasteiger partial charge is 0.434 e. The van der Waals surface area contributed by atoms with Gasteiger partial charge in [-0.05, 0) is 25.5 Å². The molecule has 1 aromatic carbocycles. The Bertz CT molecular complexity index is 955. The number of nitrogens with zero attached hydrogens (tertiary/aromatic N) is 2. The second-order valence-electron chi connectivity index (χ2n) is 5.92. The molecule has 1 heterocycles. The zero-order valence-corrected chi connectivity index (χ0v) is 15.6. The summed E-state index contributed by atoms with van der Waals surface area (Å²) in [7, 11) is 0. The van der Waals surface area contributed by atoms with Crippen LogP contribution in [0, 0.1) is 0 Å². The number of carbonyl (C=O) groups excluding carboxylic acids is 1. The van der Waals surface area contributed by atoms with Crippen LogP contribution in [0.15, 0.2) is 33.9 Å². The van der Waals surface area contributed by atoms with Crippen molar-refractivity contribution in [3.05, 3.63) is 50.7 Å². The number of halogens is 2. The van der Waals surface area contributed by atoms with E-state index in [1.807, 2.05) is 6.92 Å². The number of ether oxygens (including phenoxy) is 1. The summed E-state index contributed by atoms with van der Waals surface area (Å²) < 4.78 is 30.9. The van der Waals surface area contributed by atoms with Crippen LogP contribution in [0.1, 0.15) is 37.0 Å². The number of amides is 1. The van der Waals surface area contributed by atoms with Crippen molar-refractivity contribution < 1.29 is 18.3 Å². The van der Waals surface area contributed by atoms with E-state index in [1.54, 1.807) is 6.92 Å². The van der Waals surface area contributed by atoms with Gasteiger partial charge in [-0.15, -0.1) is 0 Å². The number of nitrogens with two attached hydrogens (primary N) is 1. The van der Waals surface area contributed by atoms with Gasteiger partial charge in [0.15, 0.2) is 5.69 Å². The Labute approximate surface area is 159 Å². The third kappa shape index (κ3) is 4.38. The lowest BCUT2D eigenvalue weighted by Gasteiger charge is -2.24. The third-order valence-corrected chi connectivity index (χ3v) is 4.11. The summed E-state index contributed by atoms with van der Waals surface area (Å²) in [5.41, 5.74) is 4.15. The van der Waals surface area contributed by atoms with Crippen molar-refractivity contribution in [2.75, 3.05) is 17.2 Å². The van der Waals surface area contributed by atoms with E-state index in [9.17, 15) is 23.2 Å². The Morgan fingerprint density at radius 2 is 1.96 bits per heavy atom. The highest BCUT2D eigenvalue weighted by Crippen LogP contribution is 2.25. The van der Waals surface area contributed by atoms with Crippen molar-refractivity contribution in [1.82, 2.24) is 9.55 Å². The van der Waals surface area contributed by atoms with E-state index in [-0.39, 0.29) is 35.9 Å². The molecule has 152 valence electrons. The number of aromatic amines is 1. The number of aromatic nitrogens is 2. The molecule has 0 saturated carbocycles. The van der Waals surface area contributed by atoms with Crippen molar-refractivity contribution in [2.24, 2.45) is 0 Å². The minimum Gasteiger partial charge on any atom is -0.434 e. The van der Waals surface area contributed by atoms with E-state index in [2.05, 4.69) is 9.72 Å². The molecule has 2 aromatic rings. The number of carbonyl (C=O) groups is 1. The first-order valence-electron chi connectivity index (χ1n) is 8.80. The Morgan fingerprint density at radius 1 is 1.29 bits per heavy atom. The van der Waals surface area contributed by atoms with Gasteiger partial charge in [-0.2, -0.15) is 8.78 Å². The second-order valence-corrected chi connectivity index (χ2v) is 5.92. The molecule has 0 aliphatic rings. The molecule has 0 fully saturated rings. The maximum Gasteiger partial charge on any atom is 0.387 e. The highest BCUT2D eigenvalue weighted by molar-refractivity contribution is 6.08. The Morgan fingerprint density at radius 3 is 2.57 bits per heavy atom. The molecule has 10 heteroatoms. The first-order valence-corrected chi connectivity index (χ1v) is 8.80. The topological polar surface area (TPSA) is 110 Å². The summed E-state index contributed by atoms with van der Waals surface area (Å²) in [6, 6.07) is 5.45. The molecule has 0 radical (unpaired) electrons. The molecule has 0 saturated heterocycles. The number of hydrogen-bond acceptors (Lipinski definition) is 5. The number of para-hydroxylation sites is 1. The predicted molar refractivity (Wildman–Crippen MR) is 101 cm³/mol. The van der Waals surface area contributed by atoms with E-state index >= 15 is 0 Å². The number of anilines is 2. The molecular formula is C18H22F2N4O4. The average Bonchev–Trinajstić information content (AvgIpc) is 2.64. The highest BCUT2D eigenvalue weighted by Gasteiger charge is 2.26. The summed E-state index contributed by atoms with van der Waals surface area (Å²) in [4.78, 5) is 40.6. The molecule has 0 atom stereocenters. The molecule has 1 amide bonds. The molecule has 0 unspecified atom stereocenters. The van der Waals surface area contributed by atoms with E-state index in [0.29, 0.717) is 6.42 Å². The molecule has 1 aromatic heterocycles. The molecule has 3 N–H and O–H groups in total. The molecule has 28 heavy (non-hydrogen) atoms. The lowest BCUT2D eigenvalue weighted by molar-refractivity contribution is -0.0501. The highest BCUT2D eigenvalue weighted by atomic mass is 19.3. The summed E-state index contributed by atoms with van der Waals surface area (Å²) in [6.45, 7) is 0.682. The van der Waals surface area contributed by atoms with Crippen molar-refractivity contribution in [3.8, 4) is 5.75 Å².